The summed E-state index contributed by atoms with van der Waals surface area (Å²) in [6, 6.07) is 0. The van der Waals surface area contributed by atoms with Crippen LogP contribution in [0.4, 0.5) is 0 Å². The van der Waals surface area contributed by atoms with Gasteiger partial charge in [0.2, 0.25) is 0 Å². The molecule has 0 aliphatic heterocycles. The Labute approximate surface area is 181 Å². The van der Waals surface area contributed by atoms with Gasteiger partial charge in [-0.3, -0.25) is 4.79 Å². The third-order valence-electron chi connectivity index (χ3n) is 3.58. The number of carboxylic acid groups (broad SMARTS) is 1. The fraction of sp³-hybridized carbons (Fsp3) is 0.938. The minimum absolute atomic E-state index is 0. The summed E-state index contributed by atoms with van der Waals surface area (Å²) in [6.07, 6.45) is 16.8. The van der Waals surface area contributed by atoms with Crippen LogP contribution in [0.25, 0.3) is 0 Å². The SMILES string of the molecule is CCCCCCCCCCCCCCC(I)C(=O)O.[KH]. The molecule has 0 spiro atoms. The van der Waals surface area contributed by atoms with E-state index in [-0.39, 0.29) is 55.3 Å². The van der Waals surface area contributed by atoms with Crippen LogP contribution in [-0.2, 0) is 4.79 Å². The maximum atomic E-state index is 10.6. The first kappa shape index (κ1) is 24.1. The van der Waals surface area contributed by atoms with Gasteiger partial charge >= 0.3 is 57.4 Å². The van der Waals surface area contributed by atoms with Crippen molar-refractivity contribution in [2.24, 2.45) is 0 Å². The second-order valence-corrected chi connectivity index (χ2v) is 6.99. The number of hydrogen-bond acceptors (Lipinski definition) is 1. The molecule has 0 fully saturated rings. The molecule has 0 aliphatic rings. The summed E-state index contributed by atoms with van der Waals surface area (Å²) < 4.78 is -0.194. The van der Waals surface area contributed by atoms with Crippen molar-refractivity contribution in [3.8, 4) is 0 Å². The summed E-state index contributed by atoms with van der Waals surface area (Å²) in [7, 11) is 0. The van der Waals surface area contributed by atoms with Gasteiger partial charge in [0, 0.05) is 0 Å². The van der Waals surface area contributed by atoms with E-state index in [9.17, 15) is 4.79 Å². The van der Waals surface area contributed by atoms with Crippen LogP contribution < -0.4 is 0 Å². The molecule has 0 amide bonds. The second kappa shape index (κ2) is 18.9. The van der Waals surface area contributed by atoms with Crippen molar-refractivity contribution >= 4 is 79.9 Å². The molecule has 0 aliphatic carbocycles. The summed E-state index contributed by atoms with van der Waals surface area (Å²) in [5.41, 5.74) is 0. The van der Waals surface area contributed by atoms with Crippen LogP contribution in [0.5, 0.6) is 0 Å². The Balaban J connectivity index is 0. The van der Waals surface area contributed by atoms with Gasteiger partial charge < -0.3 is 5.11 Å². The van der Waals surface area contributed by atoms with Crippen molar-refractivity contribution in [3.63, 3.8) is 0 Å². The fourth-order valence-electron chi connectivity index (χ4n) is 2.29. The van der Waals surface area contributed by atoms with E-state index in [0.717, 1.165) is 12.8 Å². The van der Waals surface area contributed by atoms with Crippen molar-refractivity contribution in [2.45, 2.75) is 94.3 Å². The molecular formula is C16H32IKO2. The molecule has 0 aromatic heterocycles. The van der Waals surface area contributed by atoms with Gasteiger partial charge in [-0.15, -0.1) is 0 Å². The van der Waals surface area contributed by atoms with Gasteiger partial charge in [-0.25, -0.2) is 0 Å². The van der Waals surface area contributed by atoms with Gasteiger partial charge in [0.1, 0.15) is 3.92 Å². The average molecular weight is 422 g/mol. The number of rotatable bonds is 14. The molecule has 0 radical (unpaired) electrons. The average Bonchev–Trinajstić information content (AvgIpc) is 2.39. The Morgan fingerprint density at radius 2 is 1.20 bits per heavy atom. The molecule has 0 rings (SSSR count). The quantitative estimate of drug-likeness (QED) is 0.178. The van der Waals surface area contributed by atoms with E-state index in [1.54, 1.807) is 0 Å². The van der Waals surface area contributed by atoms with E-state index in [1.165, 1.54) is 70.6 Å². The maximum absolute atomic E-state index is 10.6. The number of alkyl halides is 1. The Morgan fingerprint density at radius 1 is 0.850 bits per heavy atom. The minimum atomic E-state index is -0.663. The topological polar surface area (TPSA) is 37.3 Å². The molecule has 116 valence electrons. The Bertz CT molecular complexity index is 213. The summed E-state index contributed by atoms with van der Waals surface area (Å²) in [5.74, 6) is -0.663. The molecule has 0 bridgehead atoms. The predicted molar refractivity (Wildman–Crippen MR) is 98.3 cm³/mol. The van der Waals surface area contributed by atoms with E-state index in [4.69, 9.17) is 5.11 Å². The van der Waals surface area contributed by atoms with Crippen LogP contribution in [0.1, 0.15) is 90.4 Å². The van der Waals surface area contributed by atoms with Gasteiger partial charge in [0.25, 0.3) is 0 Å². The van der Waals surface area contributed by atoms with Crippen LogP contribution in [0.15, 0.2) is 0 Å². The van der Waals surface area contributed by atoms with Crippen molar-refractivity contribution in [1.82, 2.24) is 0 Å². The second-order valence-electron chi connectivity index (χ2n) is 5.48. The molecular weight excluding hydrogens is 390 g/mol. The predicted octanol–water partition coefficient (Wildman–Crippen LogP) is 5.32. The Hall–Kier alpha value is 1.84. The molecule has 1 unspecified atom stereocenters. The van der Waals surface area contributed by atoms with Crippen molar-refractivity contribution in [3.05, 3.63) is 0 Å². The van der Waals surface area contributed by atoms with Crippen molar-refractivity contribution in [1.29, 1.82) is 0 Å². The molecule has 0 aromatic carbocycles. The van der Waals surface area contributed by atoms with E-state index in [1.807, 2.05) is 22.6 Å². The third kappa shape index (κ3) is 17.9. The van der Waals surface area contributed by atoms with Gasteiger partial charge in [-0.05, 0) is 6.42 Å². The van der Waals surface area contributed by atoms with E-state index < -0.39 is 5.97 Å². The van der Waals surface area contributed by atoms with E-state index >= 15 is 0 Å². The van der Waals surface area contributed by atoms with Crippen molar-refractivity contribution in [2.75, 3.05) is 0 Å². The fourth-order valence-corrected chi connectivity index (χ4v) is 2.73. The van der Waals surface area contributed by atoms with E-state index in [2.05, 4.69) is 6.92 Å². The van der Waals surface area contributed by atoms with Crippen molar-refractivity contribution < 1.29 is 9.90 Å². The number of unbranched alkanes of at least 4 members (excludes halogenated alkanes) is 11. The third-order valence-corrected chi connectivity index (χ3v) is 4.73. The zero-order valence-corrected chi connectivity index (χ0v) is 14.7. The summed E-state index contributed by atoms with van der Waals surface area (Å²) in [4.78, 5) is 10.6. The number of carbonyl (C=O) groups is 1. The van der Waals surface area contributed by atoms with Gasteiger partial charge in [-0.1, -0.05) is 107 Å². The molecule has 0 saturated carbocycles. The standard InChI is InChI=1S/C16H31IO2.K.H/c1-2-3-4-5-6-7-8-9-10-11-12-13-14-15(17)16(18)19;;/h15H,2-14H2,1H3,(H,18,19);;. The van der Waals surface area contributed by atoms with Gasteiger partial charge in [0.05, 0.1) is 0 Å². The van der Waals surface area contributed by atoms with E-state index in [0.29, 0.717) is 0 Å². The normalized spacial score (nSPS) is 11.9. The molecule has 0 saturated heterocycles. The zero-order chi connectivity index (χ0) is 14.3. The number of halogens is 1. The van der Waals surface area contributed by atoms with Crippen LogP contribution in [0.3, 0.4) is 0 Å². The summed E-state index contributed by atoms with van der Waals surface area (Å²) >= 11 is 2.02. The monoisotopic (exact) mass is 422 g/mol. The summed E-state index contributed by atoms with van der Waals surface area (Å²) in [6.45, 7) is 2.26. The summed E-state index contributed by atoms with van der Waals surface area (Å²) in [5, 5.41) is 8.75. The zero-order valence-electron chi connectivity index (χ0n) is 12.5. The Morgan fingerprint density at radius 3 is 1.55 bits per heavy atom. The van der Waals surface area contributed by atoms with Gasteiger partial charge in [-0.2, -0.15) is 0 Å². The number of hydrogen-bond donors (Lipinski definition) is 1. The number of carboxylic acids is 1. The molecule has 2 nitrogen and oxygen atoms in total. The molecule has 0 heterocycles. The van der Waals surface area contributed by atoms with Crippen LogP contribution in [0.2, 0.25) is 0 Å². The van der Waals surface area contributed by atoms with Gasteiger partial charge in [0.15, 0.2) is 0 Å². The molecule has 0 aromatic rings. The number of aliphatic carboxylic acids is 1. The first-order valence-electron chi connectivity index (χ1n) is 8.05. The van der Waals surface area contributed by atoms with Crippen LogP contribution in [0, 0.1) is 0 Å². The first-order chi connectivity index (χ1) is 9.18. The molecule has 20 heavy (non-hydrogen) atoms. The molecule has 4 heteroatoms. The van der Waals surface area contributed by atoms with Crippen LogP contribution >= 0.6 is 22.6 Å². The molecule has 1 N–H and O–H groups in total. The Kier molecular flexibility index (Phi) is 22.7. The van der Waals surface area contributed by atoms with Crippen LogP contribution in [-0.4, -0.2) is 66.4 Å². The molecule has 1 atom stereocenters. The first-order valence-corrected chi connectivity index (χ1v) is 9.30.